The number of hydrogen-bond acceptors (Lipinski definition) is 2. The summed E-state index contributed by atoms with van der Waals surface area (Å²) < 4.78 is 43.5. The van der Waals surface area contributed by atoms with E-state index in [2.05, 4.69) is 5.32 Å². The molecule has 1 aliphatic rings. The number of nitrogens with one attached hydrogen (secondary N) is 1. The van der Waals surface area contributed by atoms with Gasteiger partial charge < -0.3 is 10.1 Å². The third-order valence-electron chi connectivity index (χ3n) is 3.19. The second-order valence-electron chi connectivity index (χ2n) is 4.43. The van der Waals surface area contributed by atoms with E-state index in [0.717, 1.165) is 18.2 Å². The van der Waals surface area contributed by atoms with Crippen molar-refractivity contribution in [3.05, 3.63) is 34.9 Å². The Balaban J connectivity index is 2.40. The van der Waals surface area contributed by atoms with E-state index in [4.69, 9.17) is 4.74 Å². The number of likely N-dealkylation sites (N-methyl/N-ethyl adjacent to an activating group) is 1. The van der Waals surface area contributed by atoms with Gasteiger partial charge in [0.2, 0.25) is 0 Å². The molecule has 1 heterocycles. The Hall–Kier alpha value is -1.07. The summed E-state index contributed by atoms with van der Waals surface area (Å²) in [4.78, 5) is 0. The van der Waals surface area contributed by atoms with E-state index in [1.807, 2.05) is 6.92 Å². The van der Waals surface area contributed by atoms with E-state index in [1.54, 1.807) is 13.0 Å². The van der Waals surface area contributed by atoms with Crippen molar-refractivity contribution >= 4 is 0 Å². The average Bonchev–Trinajstić information content (AvgIpc) is 2.31. The molecule has 0 amide bonds. The first-order chi connectivity index (χ1) is 8.43. The number of alkyl halides is 3. The van der Waals surface area contributed by atoms with Gasteiger partial charge in [-0.05, 0) is 36.7 Å². The molecule has 0 saturated carbocycles. The fraction of sp³-hybridized carbons (Fsp3) is 0.538. The minimum Gasteiger partial charge on any atom is -0.372 e. The van der Waals surface area contributed by atoms with Crippen LogP contribution in [0, 0.1) is 0 Å². The Morgan fingerprint density at radius 3 is 2.67 bits per heavy atom. The van der Waals surface area contributed by atoms with Gasteiger partial charge in [0.25, 0.3) is 0 Å². The Bertz CT molecular complexity index is 431. The fourth-order valence-corrected chi connectivity index (χ4v) is 2.26. The zero-order valence-corrected chi connectivity index (χ0v) is 10.3. The highest BCUT2D eigenvalue weighted by Crippen LogP contribution is 2.37. The molecular weight excluding hydrogens is 243 g/mol. The Morgan fingerprint density at radius 1 is 1.33 bits per heavy atom. The third-order valence-corrected chi connectivity index (χ3v) is 3.19. The topological polar surface area (TPSA) is 21.3 Å². The maximum absolute atomic E-state index is 12.7. The molecular formula is C13H16F3NO. The molecule has 0 saturated heterocycles. The van der Waals surface area contributed by atoms with Gasteiger partial charge in [0.1, 0.15) is 0 Å². The van der Waals surface area contributed by atoms with Gasteiger partial charge in [-0.2, -0.15) is 13.2 Å². The minimum atomic E-state index is -4.31. The van der Waals surface area contributed by atoms with Gasteiger partial charge in [0, 0.05) is 0 Å². The summed E-state index contributed by atoms with van der Waals surface area (Å²) in [5.41, 5.74) is 0.916. The largest absolute Gasteiger partial charge is 0.416 e. The van der Waals surface area contributed by atoms with Crippen molar-refractivity contribution in [2.45, 2.75) is 32.2 Å². The predicted octanol–water partition coefficient (Wildman–Crippen LogP) is 3.45. The van der Waals surface area contributed by atoms with Crippen LogP contribution in [0.2, 0.25) is 0 Å². The van der Waals surface area contributed by atoms with Crippen molar-refractivity contribution in [1.82, 2.24) is 5.32 Å². The van der Waals surface area contributed by atoms with E-state index in [9.17, 15) is 13.2 Å². The van der Waals surface area contributed by atoms with Gasteiger partial charge in [-0.1, -0.05) is 13.0 Å². The number of hydrogen-bond donors (Lipinski definition) is 1. The lowest BCUT2D eigenvalue weighted by molar-refractivity contribution is -0.137. The van der Waals surface area contributed by atoms with Crippen molar-refractivity contribution in [2.24, 2.45) is 0 Å². The molecule has 1 aliphatic heterocycles. The van der Waals surface area contributed by atoms with Crippen molar-refractivity contribution in [2.75, 3.05) is 13.2 Å². The maximum atomic E-state index is 12.7. The van der Waals surface area contributed by atoms with Gasteiger partial charge in [-0.3, -0.25) is 0 Å². The molecule has 5 heteroatoms. The summed E-state index contributed by atoms with van der Waals surface area (Å²) in [7, 11) is 0. The van der Waals surface area contributed by atoms with Gasteiger partial charge >= 0.3 is 6.18 Å². The Kier molecular flexibility index (Phi) is 3.64. The number of ether oxygens (including phenoxy) is 1. The van der Waals surface area contributed by atoms with Crippen LogP contribution < -0.4 is 5.32 Å². The molecule has 18 heavy (non-hydrogen) atoms. The second kappa shape index (κ2) is 4.90. The van der Waals surface area contributed by atoms with Crippen LogP contribution >= 0.6 is 0 Å². The molecule has 1 aromatic carbocycles. The summed E-state index contributed by atoms with van der Waals surface area (Å²) in [6.45, 7) is 4.99. The molecule has 0 spiro atoms. The van der Waals surface area contributed by atoms with E-state index in [1.165, 1.54) is 6.07 Å². The molecule has 1 aromatic rings. The van der Waals surface area contributed by atoms with Crippen molar-refractivity contribution in [3.8, 4) is 0 Å². The monoisotopic (exact) mass is 259 g/mol. The normalized spacial score (nSPS) is 23.8. The highest BCUT2D eigenvalue weighted by atomic mass is 19.4. The molecule has 100 valence electrons. The summed E-state index contributed by atoms with van der Waals surface area (Å²) in [6, 6.07) is 3.87. The quantitative estimate of drug-likeness (QED) is 0.878. The van der Waals surface area contributed by atoms with Crippen molar-refractivity contribution in [3.63, 3.8) is 0 Å². The summed E-state index contributed by atoms with van der Waals surface area (Å²) >= 11 is 0. The predicted molar refractivity (Wildman–Crippen MR) is 62.2 cm³/mol. The Morgan fingerprint density at radius 2 is 2.06 bits per heavy atom. The highest BCUT2D eigenvalue weighted by molar-refractivity contribution is 5.38. The number of halogens is 3. The molecule has 2 nitrogen and oxygen atoms in total. The highest BCUT2D eigenvalue weighted by Gasteiger charge is 2.33. The van der Waals surface area contributed by atoms with Crippen LogP contribution in [0.1, 0.15) is 42.7 Å². The second-order valence-corrected chi connectivity index (χ2v) is 4.43. The first-order valence-corrected chi connectivity index (χ1v) is 5.99. The van der Waals surface area contributed by atoms with E-state index >= 15 is 0 Å². The summed E-state index contributed by atoms with van der Waals surface area (Å²) in [5, 5.41) is 3.21. The van der Waals surface area contributed by atoms with Crippen LogP contribution in [0.25, 0.3) is 0 Å². The molecule has 0 aromatic heterocycles. The number of rotatable bonds is 2. The van der Waals surface area contributed by atoms with Crippen molar-refractivity contribution in [1.29, 1.82) is 0 Å². The lowest BCUT2D eigenvalue weighted by Gasteiger charge is -2.31. The van der Waals surface area contributed by atoms with Crippen LogP contribution in [0.15, 0.2) is 18.2 Å². The SMILES string of the molecule is CCNC1COC(C)c2cc(C(F)(F)F)ccc21. The smallest absolute Gasteiger partial charge is 0.372 e. The van der Waals surface area contributed by atoms with Crippen LogP contribution in [0.3, 0.4) is 0 Å². The van der Waals surface area contributed by atoms with E-state index in [0.29, 0.717) is 12.2 Å². The third kappa shape index (κ3) is 2.52. The van der Waals surface area contributed by atoms with Gasteiger partial charge in [-0.25, -0.2) is 0 Å². The molecule has 0 fully saturated rings. The zero-order chi connectivity index (χ0) is 13.3. The molecule has 0 radical (unpaired) electrons. The standard InChI is InChI=1S/C13H16F3NO/c1-3-17-12-7-18-8(2)11-6-9(13(14,15)16)4-5-10(11)12/h4-6,8,12,17H,3,7H2,1-2H3. The maximum Gasteiger partial charge on any atom is 0.416 e. The molecule has 0 aliphatic carbocycles. The summed E-state index contributed by atoms with van der Waals surface area (Å²) in [6.07, 6.45) is -4.60. The lowest BCUT2D eigenvalue weighted by atomic mass is 9.92. The molecule has 0 bridgehead atoms. The fourth-order valence-electron chi connectivity index (χ4n) is 2.26. The molecule has 2 atom stereocenters. The zero-order valence-electron chi connectivity index (χ0n) is 10.3. The number of benzene rings is 1. The van der Waals surface area contributed by atoms with Crippen LogP contribution in [0.5, 0.6) is 0 Å². The molecule has 2 unspecified atom stereocenters. The Labute approximate surface area is 104 Å². The van der Waals surface area contributed by atoms with Crippen LogP contribution in [-0.4, -0.2) is 13.2 Å². The van der Waals surface area contributed by atoms with E-state index < -0.39 is 11.7 Å². The van der Waals surface area contributed by atoms with Crippen molar-refractivity contribution < 1.29 is 17.9 Å². The van der Waals surface area contributed by atoms with Gasteiger partial charge in [-0.15, -0.1) is 0 Å². The van der Waals surface area contributed by atoms with Gasteiger partial charge in [0.05, 0.1) is 24.3 Å². The van der Waals surface area contributed by atoms with E-state index in [-0.39, 0.29) is 12.1 Å². The lowest BCUT2D eigenvalue weighted by Crippen LogP contribution is -2.31. The van der Waals surface area contributed by atoms with Crippen LogP contribution in [0.4, 0.5) is 13.2 Å². The molecule has 2 rings (SSSR count). The minimum absolute atomic E-state index is 0.0246. The average molecular weight is 259 g/mol. The first kappa shape index (κ1) is 13.4. The molecule has 1 N–H and O–H groups in total. The van der Waals surface area contributed by atoms with Crippen LogP contribution in [-0.2, 0) is 10.9 Å². The van der Waals surface area contributed by atoms with Gasteiger partial charge in [0.15, 0.2) is 0 Å². The first-order valence-electron chi connectivity index (χ1n) is 5.99. The summed E-state index contributed by atoms with van der Waals surface area (Å²) in [5.74, 6) is 0. The number of fused-ring (bicyclic) bond motifs is 1.